The summed E-state index contributed by atoms with van der Waals surface area (Å²) in [6.07, 6.45) is 0. The maximum Gasteiger partial charge on any atom is -0.000741 e. The van der Waals surface area contributed by atoms with Crippen LogP contribution in [-0.4, -0.2) is 0 Å². The van der Waals surface area contributed by atoms with Gasteiger partial charge in [-0.1, -0.05) is 206 Å². The van der Waals surface area contributed by atoms with Gasteiger partial charge in [0.1, 0.15) is 0 Å². The van der Waals surface area contributed by atoms with Crippen molar-refractivity contribution in [2.24, 2.45) is 0 Å². The molecule has 0 saturated heterocycles. The average molecular weight is 757 g/mol. The standard InChI is InChI=1S/C60H36/c1-5-15-37(16-6-1)41-27-30-50-54(35-41)56(40-21-11-4-12-22-40)59-51-26-14-24-47-44(32-34-52(58(47)51)60(59)55(50)39-19-9-3-10-20-39)42-28-29-45-48-25-13-23-46-43(38-17-7-2-8-18-38)31-33-49(57(46)48)53(45)36-42/h1-36H. The fraction of sp³-hybridized carbons (Fsp3) is 0. The SMILES string of the molecule is c1ccc(-c2ccc3c(-c4ccccc4)c4c(c(-c5ccccc5)c3c2)-c2cccc3c(-c5ccc6c(c5)-c5ccc(-c7ccccc7)c7cccc-6c57)ccc-4c23)cc1. The molecule has 0 heteroatoms. The third-order valence-corrected chi connectivity index (χ3v) is 13.2. The smallest absolute Gasteiger partial charge is 0.000741 e. The van der Waals surface area contributed by atoms with E-state index in [1.54, 1.807) is 0 Å². The lowest BCUT2D eigenvalue weighted by atomic mass is 9.82. The van der Waals surface area contributed by atoms with E-state index < -0.39 is 0 Å². The second-order valence-electron chi connectivity index (χ2n) is 16.3. The van der Waals surface area contributed by atoms with Gasteiger partial charge >= 0.3 is 0 Å². The fourth-order valence-corrected chi connectivity index (χ4v) is 10.6. The highest BCUT2D eigenvalue weighted by molar-refractivity contribution is 6.29. The summed E-state index contributed by atoms with van der Waals surface area (Å²) >= 11 is 0. The molecule has 0 spiro atoms. The van der Waals surface area contributed by atoms with Crippen molar-refractivity contribution in [1.82, 2.24) is 0 Å². The van der Waals surface area contributed by atoms with Crippen LogP contribution in [0.25, 0.3) is 132 Å². The van der Waals surface area contributed by atoms with Crippen molar-refractivity contribution in [3.05, 3.63) is 218 Å². The summed E-state index contributed by atoms with van der Waals surface area (Å²) in [6.45, 7) is 0. The lowest BCUT2D eigenvalue weighted by Crippen LogP contribution is -1.94. The Hall–Kier alpha value is -7.80. The van der Waals surface area contributed by atoms with Crippen LogP contribution in [-0.2, 0) is 0 Å². The Morgan fingerprint density at radius 1 is 0.167 bits per heavy atom. The van der Waals surface area contributed by atoms with Crippen LogP contribution in [0, 0.1) is 0 Å². The molecule has 11 aromatic carbocycles. The van der Waals surface area contributed by atoms with Crippen molar-refractivity contribution >= 4 is 32.3 Å². The molecule has 0 radical (unpaired) electrons. The number of hydrogen-bond acceptors (Lipinski definition) is 0. The molecule has 276 valence electrons. The van der Waals surface area contributed by atoms with E-state index in [0.29, 0.717) is 0 Å². The zero-order chi connectivity index (χ0) is 39.3. The van der Waals surface area contributed by atoms with E-state index in [9.17, 15) is 0 Å². The predicted molar refractivity (Wildman–Crippen MR) is 255 cm³/mol. The molecule has 60 heavy (non-hydrogen) atoms. The van der Waals surface area contributed by atoms with E-state index in [-0.39, 0.29) is 0 Å². The molecule has 0 nitrogen and oxygen atoms in total. The Morgan fingerprint density at radius 3 is 1.27 bits per heavy atom. The number of benzene rings is 11. The van der Waals surface area contributed by atoms with E-state index in [0.717, 1.165) is 0 Å². The first kappa shape index (κ1) is 33.2. The molecule has 11 aromatic rings. The molecule has 2 aliphatic rings. The van der Waals surface area contributed by atoms with Gasteiger partial charge in [0.25, 0.3) is 0 Å². The minimum absolute atomic E-state index is 1.22. The minimum atomic E-state index is 1.22. The number of fused-ring (bicyclic) bond motifs is 7. The monoisotopic (exact) mass is 756 g/mol. The van der Waals surface area contributed by atoms with Crippen molar-refractivity contribution in [2.45, 2.75) is 0 Å². The van der Waals surface area contributed by atoms with Crippen molar-refractivity contribution < 1.29 is 0 Å². The second-order valence-corrected chi connectivity index (χ2v) is 16.3. The molecule has 0 N–H and O–H groups in total. The Labute approximate surface area is 349 Å². The van der Waals surface area contributed by atoms with E-state index in [1.165, 1.54) is 132 Å². The molecule has 0 heterocycles. The summed E-state index contributed by atoms with van der Waals surface area (Å²) in [5.74, 6) is 0. The Kier molecular flexibility index (Phi) is 7.11. The number of rotatable bonds is 5. The van der Waals surface area contributed by atoms with Crippen molar-refractivity contribution in [2.75, 3.05) is 0 Å². The highest BCUT2D eigenvalue weighted by Gasteiger charge is 2.32. The van der Waals surface area contributed by atoms with Gasteiger partial charge in [-0.3, -0.25) is 0 Å². The third-order valence-electron chi connectivity index (χ3n) is 13.2. The van der Waals surface area contributed by atoms with Gasteiger partial charge < -0.3 is 0 Å². The van der Waals surface area contributed by atoms with Gasteiger partial charge in [0.05, 0.1) is 0 Å². The van der Waals surface area contributed by atoms with Gasteiger partial charge in [-0.2, -0.15) is 0 Å². The van der Waals surface area contributed by atoms with Crippen LogP contribution in [0.4, 0.5) is 0 Å². The molecule has 0 amide bonds. The molecular weight excluding hydrogens is 721 g/mol. The average Bonchev–Trinajstić information content (AvgIpc) is 3.83. The van der Waals surface area contributed by atoms with Gasteiger partial charge in [0, 0.05) is 0 Å². The van der Waals surface area contributed by atoms with Crippen LogP contribution in [0.2, 0.25) is 0 Å². The normalized spacial score (nSPS) is 12.0. The molecule has 0 bridgehead atoms. The topological polar surface area (TPSA) is 0 Å². The molecule has 2 aliphatic carbocycles. The Balaban J connectivity index is 1.06. The van der Waals surface area contributed by atoms with Gasteiger partial charge in [-0.15, -0.1) is 0 Å². The molecule has 0 atom stereocenters. The molecule has 13 rings (SSSR count). The first-order chi connectivity index (χ1) is 29.8. The van der Waals surface area contributed by atoms with Gasteiger partial charge in [-0.25, -0.2) is 0 Å². The highest BCUT2D eigenvalue weighted by atomic mass is 14.3. The van der Waals surface area contributed by atoms with Crippen LogP contribution in [0.5, 0.6) is 0 Å². The molecule has 0 aliphatic heterocycles. The first-order valence-corrected chi connectivity index (χ1v) is 20.9. The Morgan fingerprint density at radius 2 is 0.617 bits per heavy atom. The lowest BCUT2D eigenvalue weighted by molar-refractivity contribution is 1.61. The quantitative estimate of drug-likeness (QED) is 0.164. The summed E-state index contributed by atoms with van der Waals surface area (Å²) in [4.78, 5) is 0. The van der Waals surface area contributed by atoms with Crippen LogP contribution in [0.15, 0.2) is 218 Å². The van der Waals surface area contributed by atoms with E-state index in [4.69, 9.17) is 0 Å². The van der Waals surface area contributed by atoms with Crippen LogP contribution < -0.4 is 0 Å². The first-order valence-electron chi connectivity index (χ1n) is 20.9. The van der Waals surface area contributed by atoms with Gasteiger partial charge in [0.15, 0.2) is 0 Å². The summed E-state index contributed by atoms with van der Waals surface area (Å²) < 4.78 is 0. The molecular formula is C60H36. The number of hydrogen-bond donors (Lipinski definition) is 0. The summed E-state index contributed by atoms with van der Waals surface area (Å²) in [5, 5.41) is 7.82. The van der Waals surface area contributed by atoms with Gasteiger partial charge in [0.2, 0.25) is 0 Å². The Bertz CT molecular complexity index is 3540. The molecule has 0 aromatic heterocycles. The van der Waals surface area contributed by atoms with Crippen molar-refractivity contribution in [3.8, 4) is 100 Å². The fourth-order valence-electron chi connectivity index (χ4n) is 10.6. The zero-order valence-electron chi connectivity index (χ0n) is 32.8. The largest absolute Gasteiger partial charge is 0.0622 e. The zero-order valence-corrected chi connectivity index (χ0v) is 32.8. The minimum Gasteiger partial charge on any atom is -0.0622 e. The maximum atomic E-state index is 2.45. The predicted octanol–water partition coefficient (Wildman–Crippen LogP) is 16.8. The highest BCUT2D eigenvalue weighted by Crippen LogP contribution is 2.59. The van der Waals surface area contributed by atoms with Gasteiger partial charge in [-0.05, 0) is 145 Å². The maximum absolute atomic E-state index is 2.45. The second kappa shape index (κ2) is 12.9. The third kappa shape index (κ3) is 4.73. The summed E-state index contributed by atoms with van der Waals surface area (Å²) in [5.41, 5.74) is 23.0. The van der Waals surface area contributed by atoms with Crippen LogP contribution >= 0.6 is 0 Å². The molecule has 0 saturated carbocycles. The van der Waals surface area contributed by atoms with E-state index >= 15 is 0 Å². The lowest BCUT2D eigenvalue weighted by Gasteiger charge is -2.21. The molecule has 0 fully saturated rings. The molecule has 0 unspecified atom stereocenters. The van der Waals surface area contributed by atoms with E-state index in [1.807, 2.05) is 0 Å². The van der Waals surface area contributed by atoms with Crippen LogP contribution in [0.3, 0.4) is 0 Å². The van der Waals surface area contributed by atoms with Crippen LogP contribution in [0.1, 0.15) is 0 Å². The summed E-state index contributed by atoms with van der Waals surface area (Å²) in [6, 6.07) is 81.1. The van der Waals surface area contributed by atoms with Crippen molar-refractivity contribution in [1.29, 1.82) is 0 Å². The summed E-state index contributed by atoms with van der Waals surface area (Å²) in [7, 11) is 0. The van der Waals surface area contributed by atoms with E-state index in [2.05, 4.69) is 218 Å². The van der Waals surface area contributed by atoms with Crippen molar-refractivity contribution in [3.63, 3.8) is 0 Å².